The number of carbonyl (C=O) groups excluding carboxylic acids is 1. The lowest BCUT2D eigenvalue weighted by atomic mass is 10.1. The van der Waals surface area contributed by atoms with Crippen molar-refractivity contribution in [1.82, 2.24) is 10.6 Å². The molecule has 0 unspecified atom stereocenters. The molecule has 2 aliphatic carbocycles. The standard InChI is InChI=1S/C15H17ClN2O.C2HF3O2/c16-11-4-2-1-3-9(11)10-7-13(10)18-15(19)14-6-8-5-12(8)17-14;3-2(4,5)1(6)7/h1-4,8,10,12-14,17H,5-7H2,(H,18,19);(H,6,7)/t8-,10+,12-,13-,14+;/m1./s1. The SMILES string of the molecule is O=C(N[C@@H]1C[C@H]1c1ccccc1Cl)[C@@H]1C[C@H]2C[C@H]2N1.O=C(O)C(F)(F)F. The van der Waals surface area contributed by atoms with Gasteiger partial charge < -0.3 is 15.7 Å². The van der Waals surface area contributed by atoms with Crippen molar-refractivity contribution in [3.8, 4) is 0 Å². The molecule has 0 spiro atoms. The summed E-state index contributed by atoms with van der Waals surface area (Å²) in [5.41, 5.74) is 1.16. The lowest BCUT2D eigenvalue weighted by molar-refractivity contribution is -0.192. The molecule has 9 heteroatoms. The molecule has 4 rings (SSSR count). The highest BCUT2D eigenvalue weighted by Crippen LogP contribution is 2.44. The van der Waals surface area contributed by atoms with Gasteiger partial charge in [-0.25, -0.2) is 4.79 Å². The first-order valence-electron chi connectivity index (χ1n) is 8.27. The second-order valence-electron chi connectivity index (χ2n) is 6.84. The van der Waals surface area contributed by atoms with Crippen LogP contribution in [-0.4, -0.2) is 41.3 Å². The molecule has 5 atom stereocenters. The number of nitrogens with one attached hydrogen (secondary N) is 2. The zero-order valence-electron chi connectivity index (χ0n) is 13.6. The highest BCUT2D eigenvalue weighted by molar-refractivity contribution is 6.31. The molecule has 1 heterocycles. The second kappa shape index (κ2) is 7.08. The molecule has 3 N–H and O–H groups in total. The maximum atomic E-state index is 12.1. The minimum atomic E-state index is -5.08. The summed E-state index contributed by atoms with van der Waals surface area (Å²) >= 11 is 6.19. The van der Waals surface area contributed by atoms with Crippen molar-refractivity contribution in [2.75, 3.05) is 0 Å². The summed E-state index contributed by atoms with van der Waals surface area (Å²) in [7, 11) is 0. The number of alkyl halides is 3. The van der Waals surface area contributed by atoms with Crippen LogP contribution in [0.3, 0.4) is 0 Å². The number of carboxylic acids is 1. The molecule has 0 bridgehead atoms. The Balaban J connectivity index is 0.000000242. The normalized spacial score (nSPS) is 31.3. The van der Waals surface area contributed by atoms with E-state index >= 15 is 0 Å². The van der Waals surface area contributed by atoms with E-state index in [9.17, 15) is 18.0 Å². The van der Waals surface area contributed by atoms with Crippen LogP contribution in [0, 0.1) is 5.92 Å². The predicted molar refractivity (Wildman–Crippen MR) is 87.9 cm³/mol. The molecule has 1 saturated heterocycles. The average molecular weight is 391 g/mol. The van der Waals surface area contributed by atoms with Gasteiger partial charge in [0.15, 0.2) is 0 Å². The predicted octanol–water partition coefficient (Wildman–Crippen LogP) is 2.70. The number of amides is 1. The molecule has 3 fully saturated rings. The molecule has 0 aromatic heterocycles. The first kappa shape index (κ1) is 19.0. The molecule has 26 heavy (non-hydrogen) atoms. The molecule has 142 valence electrons. The largest absolute Gasteiger partial charge is 0.490 e. The fraction of sp³-hybridized carbons (Fsp3) is 0.529. The van der Waals surface area contributed by atoms with E-state index in [1.54, 1.807) is 0 Å². The van der Waals surface area contributed by atoms with Crippen molar-refractivity contribution in [1.29, 1.82) is 0 Å². The highest BCUT2D eigenvalue weighted by Gasteiger charge is 2.49. The zero-order valence-corrected chi connectivity index (χ0v) is 14.3. The number of hydrogen-bond donors (Lipinski definition) is 3. The summed E-state index contributed by atoms with van der Waals surface area (Å²) in [6, 6.07) is 8.85. The molecule has 1 aromatic carbocycles. The van der Waals surface area contributed by atoms with E-state index in [1.165, 1.54) is 6.42 Å². The minimum Gasteiger partial charge on any atom is -0.475 e. The van der Waals surface area contributed by atoms with E-state index in [2.05, 4.69) is 16.7 Å². The monoisotopic (exact) mass is 390 g/mol. The Hall–Kier alpha value is -1.80. The van der Waals surface area contributed by atoms with Gasteiger partial charge in [-0.3, -0.25) is 4.79 Å². The molecule has 1 aliphatic heterocycles. The molecular formula is C17H18ClF3N2O3. The van der Waals surface area contributed by atoms with Crippen LogP contribution in [0.1, 0.15) is 30.7 Å². The van der Waals surface area contributed by atoms with Crippen molar-refractivity contribution in [2.45, 2.75) is 49.5 Å². The van der Waals surface area contributed by atoms with Crippen molar-refractivity contribution in [3.63, 3.8) is 0 Å². The van der Waals surface area contributed by atoms with Gasteiger partial charge >= 0.3 is 12.1 Å². The Morgan fingerprint density at radius 3 is 2.38 bits per heavy atom. The Bertz CT molecular complexity index is 703. The Kier molecular flexibility index (Phi) is 5.16. The molecule has 0 radical (unpaired) electrons. The van der Waals surface area contributed by atoms with E-state index in [1.807, 2.05) is 18.2 Å². The third-order valence-corrected chi connectivity index (χ3v) is 5.20. The van der Waals surface area contributed by atoms with Crippen LogP contribution in [-0.2, 0) is 9.59 Å². The first-order chi connectivity index (χ1) is 12.2. The van der Waals surface area contributed by atoms with Crippen molar-refractivity contribution in [2.24, 2.45) is 5.92 Å². The number of fused-ring (bicyclic) bond motifs is 1. The number of hydrogen-bond acceptors (Lipinski definition) is 3. The van der Waals surface area contributed by atoms with Crippen LogP contribution in [0.4, 0.5) is 13.2 Å². The van der Waals surface area contributed by atoms with E-state index in [-0.39, 0.29) is 18.0 Å². The van der Waals surface area contributed by atoms with Gasteiger partial charge in [-0.1, -0.05) is 29.8 Å². The number of halogens is 4. The summed E-state index contributed by atoms with van der Waals surface area (Å²) in [5.74, 6) is -1.43. The summed E-state index contributed by atoms with van der Waals surface area (Å²) in [5, 5.41) is 14.5. The van der Waals surface area contributed by atoms with Crippen LogP contribution in [0.2, 0.25) is 5.02 Å². The summed E-state index contributed by atoms with van der Waals surface area (Å²) in [4.78, 5) is 21.0. The van der Waals surface area contributed by atoms with Crippen LogP contribution >= 0.6 is 11.6 Å². The number of carbonyl (C=O) groups is 2. The molecule has 5 nitrogen and oxygen atoms in total. The van der Waals surface area contributed by atoms with E-state index in [0.717, 1.165) is 29.3 Å². The molecule has 1 aromatic rings. The smallest absolute Gasteiger partial charge is 0.475 e. The summed E-state index contributed by atoms with van der Waals surface area (Å²) in [6.07, 6.45) is -1.80. The number of piperidine rings is 1. The second-order valence-corrected chi connectivity index (χ2v) is 7.25. The fourth-order valence-corrected chi connectivity index (χ4v) is 3.56. The average Bonchev–Trinajstić information content (AvgIpc) is 3.46. The number of aliphatic carboxylic acids is 1. The maximum absolute atomic E-state index is 12.1. The summed E-state index contributed by atoms with van der Waals surface area (Å²) in [6.45, 7) is 0. The molecule has 1 amide bonds. The molecule has 3 aliphatic rings. The van der Waals surface area contributed by atoms with Crippen LogP contribution < -0.4 is 10.6 Å². The lowest BCUT2D eigenvalue weighted by Crippen LogP contribution is -2.43. The number of rotatable bonds is 3. The van der Waals surface area contributed by atoms with E-state index in [0.29, 0.717) is 12.0 Å². The highest BCUT2D eigenvalue weighted by atomic mass is 35.5. The number of carboxylic acid groups (broad SMARTS) is 1. The Labute approximate surface area is 152 Å². The topological polar surface area (TPSA) is 78.4 Å². The molecule has 2 saturated carbocycles. The maximum Gasteiger partial charge on any atom is 0.490 e. The van der Waals surface area contributed by atoms with Crippen LogP contribution in [0.15, 0.2) is 24.3 Å². The van der Waals surface area contributed by atoms with Gasteiger partial charge in [0, 0.05) is 23.0 Å². The fourth-order valence-electron chi connectivity index (χ4n) is 3.28. The third kappa shape index (κ3) is 4.48. The minimum absolute atomic E-state index is 0.0382. The quantitative estimate of drug-likeness (QED) is 0.741. The van der Waals surface area contributed by atoms with Gasteiger partial charge in [0.2, 0.25) is 5.91 Å². The van der Waals surface area contributed by atoms with Gasteiger partial charge in [0.05, 0.1) is 6.04 Å². The van der Waals surface area contributed by atoms with Gasteiger partial charge in [-0.2, -0.15) is 13.2 Å². The first-order valence-corrected chi connectivity index (χ1v) is 8.65. The van der Waals surface area contributed by atoms with E-state index in [4.69, 9.17) is 21.5 Å². The van der Waals surface area contributed by atoms with Gasteiger partial charge in [0.25, 0.3) is 0 Å². The van der Waals surface area contributed by atoms with Crippen molar-refractivity contribution < 1.29 is 27.9 Å². The van der Waals surface area contributed by atoms with Gasteiger partial charge in [-0.15, -0.1) is 0 Å². The van der Waals surface area contributed by atoms with Crippen LogP contribution in [0.25, 0.3) is 0 Å². The van der Waals surface area contributed by atoms with Crippen LogP contribution in [0.5, 0.6) is 0 Å². The lowest BCUT2D eigenvalue weighted by Gasteiger charge is -2.13. The van der Waals surface area contributed by atoms with Crippen molar-refractivity contribution in [3.05, 3.63) is 34.9 Å². The van der Waals surface area contributed by atoms with Gasteiger partial charge in [0.1, 0.15) is 0 Å². The van der Waals surface area contributed by atoms with E-state index < -0.39 is 12.1 Å². The van der Waals surface area contributed by atoms with Crippen molar-refractivity contribution >= 4 is 23.5 Å². The Morgan fingerprint density at radius 2 is 1.85 bits per heavy atom. The van der Waals surface area contributed by atoms with Gasteiger partial charge in [-0.05, 0) is 36.8 Å². The Morgan fingerprint density at radius 1 is 1.19 bits per heavy atom. The molecular weight excluding hydrogens is 373 g/mol. The summed E-state index contributed by atoms with van der Waals surface area (Å²) < 4.78 is 31.7. The zero-order chi connectivity index (χ0) is 19.1. The third-order valence-electron chi connectivity index (χ3n) is 4.86. The number of benzene rings is 1.